The number of alkyl halides is 1. The fourth-order valence-electron chi connectivity index (χ4n) is 1.38. The van der Waals surface area contributed by atoms with Crippen LogP contribution in [-0.4, -0.2) is 0 Å². The van der Waals surface area contributed by atoms with E-state index in [0.717, 1.165) is 11.1 Å². The van der Waals surface area contributed by atoms with Crippen molar-refractivity contribution in [3.63, 3.8) is 0 Å². The monoisotopic (exact) mass is 416 g/mol. The molecule has 0 nitrogen and oxygen atoms in total. The first-order valence-corrected chi connectivity index (χ1v) is 7.81. The predicted octanol–water partition coefficient (Wildman–Crippen LogP) is 6.44. The Morgan fingerprint density at radius 1 is 1.24 bits per heavy atom. The van der Waals surface area contributed by atoms with Crippen LogP contribution >= 0.6 is 66.4 Å². The second kappa shape index (κ2) is 5.57. The zero-order valence-electron chi connectivity index (χ0n) is 8.18. The second-order valence-electron chi connectivity index (χ2n) is 3.32. The van der Waals surface area contributed by atoms with Crippen LogP contribution in [0.15, 0.2) is 28.7 Å². The maximum atomic E-state index is 13.4. The lowest BCUT2D eigenvalue weighted by atomic mass is 10.1. The fraction of sp³-hybridized carbons (Fsp3) is 0.0909. The van der Waals surface area contributed by atoms with Crippen molar-refractivity contribution in [2.75, 3.05) is 0 Å². The summed E-state index contributed by atoms with van der Waals surface area (Å²) in [7, 11) is 0. The molecule has 0 fully saturated rings. The third-order valence-corrected chi connectivity index (χ3v) is 5.38. The van der Waals surface area contributed by atoms with Crippen LogP contribution in [0.25, 0.3) is 0 Å². The van der Waals surface area contributed by atoms with E-state index >= 15 is 0 Å². The summed E-state index contributed by atoms with van der Waals surface area (Å²) < 4.78 is 15.1. The van der Waals surface area contributed by atoms with Crippen LogP contribution < -0.4 is 0 Å². The molecule has 1 unspecified atom stereocenters. The fourth-order valence-corrected chi connectivity index (χ4v) is 4.08. The van der Waals surface area contributed by atoms with Crippen molar-refractivity contribution in [3.05, 3.63) is 54.4 Å². The van der Waals surface area contributed by atoms with Gasteiger partial charge in [-0.15, -0.1) is 11.3 Å². The molecule has 6 heteroatoms. The second-order valence-corrected chi connectivity index (χ2v) is 7.37. The van der Waals surface area contributed by atoms with Gasteiger partial charge in [0.2, 0.25) is 0 Å². The molecule has 2 rings (SSSR count). The van der Waals surface area contributed by atoms with Crippen LogP contribution in [0.1, 0.15) is 16.0 Å². The lowest BCUT2D eigenvalue weighted by Gasteiger charge is -2.09. The number of hydrogen-bond acceptors (Lipinski definition) is 1. The average Bonchev–Trinajstić information content (AvgIpc) is 2.61. The van der Waals surface area contributed by atoms with Crippen LogP contribution in [0.4, 0.5) is 4.39 Å². The highest BCUT2D eigenvalue weighted by molar-refractivity contribution is 9.10. The number of hydrogen-bond donors (Lipinski definition) is 0. The molecular formula is C11H5Br2Cl2FS. The van der Waals surface area contributed by atoms with Gasteiger partial charge in [0.25, 0.3) is 0 Å². The number of rotatable bonds is 2. The molecule has 17 heavy (non-hydrogen) atoms. The van der Waals surface area contributed by atoms with Crippen LogP contribution in [0.3, 0.4) is 0 Å². The third kappa shape index (κ3) is 3.04. The van der Waals surface area contributed by atoms with Gasteiger partial charge in [0.05, 0.1) is 18.0 Å². The third-order valence-electron chi connectivity index (χ3n) is 2.19. The average molecular weight is 419 g/mol. The van der Waals surface area contributed by atoms with Gasteiger partial charge in [0.15, 0.2) is 0 Å². The van der Waals surface area contributed by atoms with E-state index in [1.807, 2.05) is 6.07 Å². The van der Waals surface area contributed by atoms with Crippen molar-refractivity contribution in [3.8, 4) is 0 Å². The predicted molar refractivity (Wildman–Crippen MR) is 79.2 cm³/mol. The van der Waals surface area contributed by atoms with Gasteiger partial charge < -0.3 is 0 Å². The highest BCUT2D eigenvalue weighted by Crippen LogP contribution is 2.41. The summed E-state index contributed by atoms with van der Waals surface area (Å²) in [4.78, 5) is -0.165. The largest absolute Gasteiger partial charge is 0.206 e. The minimum atomic E-state index is -0.301. The molecule has 0 aliphatic heterocycles. The van der Waals surface area contributed by atoms with Crippen LogP contribution in [-0.2, 0) is 0 Å². The normalized spacial score (nSPS) is 12.8. The molecular weight excluding hydrogens is 414 g/mol. The van der Waals surface area contributed by atoms with Gasteiger partial charge in [-0.2, -0.15) is 0 Å². The molecule has 1 aromatic heterocycles. The first kappa shape index (κ1) is 13.8. The summed E-state index contributed by atoms with van der Waals surface area (Å²) in [5, 5.41) is 0. The first-order chi connectivity index (χ1) is 7.99. The molecule has 0 aliphatic carbocycles. The van der Waals surface area contributed by atoms with Gasteiger partial charge in [-0.25, -0.2) is 4.39 Å². The van der Waals surface area contributed by atoms with Crippen LogP contribution in [0, 0.1) is 5.82 Å². The van der Waals surface area contributed by atoms with E-state index in [9.17, 15) is 4.39 Å². The Morgan fingerprint density at radius 2 is 1.94 bits per heavy atom. The van der Waals surface area contributed by atoms with Gasteiger partial charge >= 0.3 is 0 Å². The van der Waals surface area contributed by atoms with E-state index in [4.69, 9.17) is 23.2 Å². The lowest BCUT2D eigenvalue weighted by Crippen LogP contribution is -1.92. The maximum absolute atomic E-state index is 13.4. The molecule has 0 radical (unpaired) electrons. The molecule has 2 aromatic rings. The molecule has 0 bridgehead atoms. The summed E-state index contributed by atoms with van der Waals surface area (Å²) in [6, 6.07) is 6.74. The summed E-state index contributed by atoms with van der Waals surface area (Å²) in [5.74, 6) is -0.301. The van der Waals surface area contributed by atoms with Gasteiger partial charge in [0.1, 0.15) is 5.82 Å². The van der Waals surface area contributed by atoms with E-state index in [1.54, 1.807) is 12.1 Å². The topological polar surface area (TPSA) is 0 Å². The van der Waals surface area contributed by atoms with Crippen molar-refractivity contribution in [2.45, 2.75) is 4.83 Å². The van der Waals surface area contributed by atoms with Crippen molar-refractivity contribution < 1.29 is 4.39 Å². The highest BCUT2D eigenvalue weighted by atomic mass is 79.9. The number of thiophene rings is 1. The minimum Gasteiger partial charge on any atom is -0.206 e. The van der Waals surface area contributed by atoms with E-state index in [2.05, 4.69) is 31.9 Å². The molecule has 0 N–H and O–H groups in total. The Kier molecular flexibility index (Phi) is 4.53. The number of benzene rings is 1. The maximum Gasteiger partial charge on any atom is 0.137 e. The van der Waals surface area contributed by atoms with Crippen molar-refractivity contribution in [1.29, 1.82) is 0 Å². The Hall–Kier alpha value is 0.390. The summed E-state index contributed by atoms with van der Waals surface area (Å²) in [6.45, 7) is 0. The zero-order chi connectivity index (χ0) is 12.6. The van der Waals surface area contributed by atoms with Gasteiger partial charge in [-0.1, -0.05) is 45.2 Å². The molecule has 1 atom stereocenters. The molecule has 90 valence electrons. The Morgan fingerprint density at radius 3 is 2.47 bits per heavy atom. The molecule has 1 aromatic carbocycles. The van der Waals surface area contributed by atoms with E-state index in [0.29, 0.717) is 13.1 Å². The molecule has 0 amide bonds. The lowest BCUT2D eigenvalue weighted by molar-refractivity contribution is 0.619. The van der Waals surface area contributed by atoms with Crippen molar-refractivity contribution in [2.24, 2.45) is 0 Å². The molecule has 1 heterocycles. The van der Waals surface area contributed by atoms with Crippen LogP contribution in [0.5, 0.6) is 0 Å². The van der Waals surface area contributed by atoms with Gasteiger partial charge in [0, 0.05) is 5.56 Å². The summed E-state index contributed by atoms with van der Waals surface area (Å²) >= 11 is 19.9. The smallest absolute Gasteiger partial charge is 0.137 e. The highest BCUT2D eigenvalue weighted by Gasteiger charge is 2.17. The Bertz CT molecular complexity index is 556. The Labute approximate surface area is 129 Å². The molecule has 0 saturated heterocycles. The molecule has 0 saturated carbocycles. The summed E-state index contributed by atoms with van der Waals surface area (Å²) in [5.41, 5.74) is 1.64. The van der Waals surface area contributed by atoms with Crippen LogP contribution in [0.2, 0.25) is 8.67 Å². The summed E-state index contributed by atoms with van der Waals surface area (Å²) in [6.07, 6.45) is 0. The van der Waals surface area contributed by atoms with E-state index in [1.165, 1.54) is 17.4 Å². The SMILES string of the molecule is Fc1cc(C(Br)c2cc(Cl)sc2Cl)ccc1Br. The van der Waals surface area contributed by atoms with E-state index in [-0.39, 0.29) is 10.6 Å². The van der Waals surface area contributed by atoms with Crippen molar-refractivity contribution in [1.82, 2.24) is 0 Å². The van der Waals surface area contributed by atoms with E-state index < -0.39 is 0 Å². The zero-order valence-corrected chi connectivity index (χ0v) is 13.7. The van der Waals surface area contributed by atoms with Gasteiger partial charge in [-0.3, -0.25) is 0 Å². The number of halogens is 5. The Balaban J connectivity index is 2.40. The molecule has 0 spiro atoms. The first-order valence-electron chi connectivity index (χ1n) is 4.53. The van der Waals surface area contributed by atoms with Gasteiger partial charge in [-0.05, 0) is 39.7 Å². The minimum absolute atomic E-state index is 0.165. The standard InChI is InChI=1S/C11H5Br2Cl2FS/c12-7-2-1-5(3-8(7)16)10(13)6-4-9(14)17-11(6)15/h1-4,10H. The quantitative estimate of drug-likeness (QED) is 0.492. The molecule has 0 aliphatic rings. The van der Waals surface area contributed by atoms with Crippen molar-refractivity contribution >= 4 is 66.4 Å².